The molecule has 122 valence electrons. The molecule has 0 N–H and O–H groups in total. The maximum absolute atomic E-state index is 12.6. The maximum Gasteiger partial charge on any atom is 0.253 e. The first-order chi connectivity index (χ1) is 11.0. The molecule has 2 aromatic rings. The first-order valence-corrected chi connectivity index (χ1v) is 10.2. The van der Waals surface area contributed by atoms with Crippen LogP contribution < -0.4 is 0 Å². The molecular weight excluding hydrogens is 354 g/mol. The number of hydrogen-bond acceptors (Lipinski definition) is 4. The van der Waals surface area contributed by atoms with Crippen molar-refractivity contribution in [2.45, 2.75) is 11.7 Å². The van der Waals surface area contributed by atoms with E-state index in [4.69, 9.17) is 11.6 Å². The van der Waals surface area contributed by atoms with Gasteiger partial charge in [-0.2, -0.15) is 0 Å². The highest BCUT2D eigenvalue weighted by Gasteiger charge is 2.33. The van der Waals surface area contributed by atoms with Gasteiger partial charge in [-0.1, -0.05) is 23.7 Å². The molecule has 1 saturated heterocycles. The Bertz CT molecular complexity index is 802. The molecule has 7 heteroatoms. The fourth-order valence-corrected chi connectivity index (χ4v) is 5.94. The van der Waals surface area contributed by atoms with Crippen LogP contribution in [0.15, 0.2) is 41.8 Å². The third-order valence-corrected chi connectivity index (χ3v) is 7.44. The highest BCUT2D eigenvalue weighted by Crippen LogP contribution is 2.32. The van der Waals surface area contributed by atoms with Crippen LogP contribution in [0.5, 0.6) is 0 Å². The Labute approximate surface area is 144 Å². The van der Waals surface area contributed by atoms with E-state index in [1.54, 1.807) is 29.2 Å². The van der Waals surface area contributed by atoms with Crippen LogP contribution in [0.3, 0.4) is 0 Å². The normalized spacial score (nSPS) is 20.9. The van der Waals surface area contributed by atoms with E-state index in [2.05, 4.69) is 0 Å². The average Bonchev–Trinajstić information content (AvgIpc) is 2.98. The number of hydrogen-bond donors (Lipinski definition) is 0. The molecule has 0 saturated carbocycles. The molecule has 1 atom stereocenters. The first-order valence-electron chi connectivity index (χ1n) is 7.27. The number of thiophene rings is 1. The van der Waals surface area contributed by atoms with E-state index < -0.39 is 15.1 Å². The summed E-state index contributed by atoms with van der Waals surface area (Å²) in [6.07, 6.45) is 0.426. The van der Waals surface area contributed by atoms with Gasteiger partial charge in [0, 0.05) is 28.6 Å². The molecule has 4 nitrogen and oxygen atoms in total. The molecule has 0 bridgehead atoms. The van der Waals surface area contributed by atoms with Gasteiger partial charge in [0.1, 0.15) is 0 Å². The summed E-state index contributed by atoms with van der Waals surface area (Å²) in [5.74, 6) is -0.184. The van der Waals surface area contributed by atoms with Crippen molar-refractivity contribution in [2.24, 2.45) is 0 Å². The number of amides is 1. The Kier molecular flexibility index (Phi) is 4.75. The lowest BCUT2D eigenvalue weighted by Gasteiger charge is -2.20. The largest absolute Gasteiger partial charge is 0.338 e. The Balaban J connectivity index is 1.81. The molecular formula is C16H16ClNO3S2. The molecule has 0 spiro atoms. The van der Waals surface area contributed by atoms with Gasteiger partial charge in [0.05, 0.1) is 11.0 Å². The van der Waals surface area contributed by atoms with Crippen molar-refractivity contribution in [3.63, 3.8) is 0 Å². The fraction of sp³-hybridized carbons (Fsp3) is 0.312. The number of nitrogens with zero attached hydrogens (tertiary/aromatic N) is 1. The number of benzene rings is 1. The highest BCUT2D eigenvalue weighted by atomic mass is 35.5. The monoisotopic (exact) mass is 369 g/mol. The van der Waals surface area contributed by atoms with Crippen LogP contribution in [0.25, 0.3) is 0 Å². The third-order valence-electron chi connectivity index (χ3n) is 3.96. The molecule has 1 aliphatic rings. The van der Waals surface area contributed by atoms with Crippen molar-refractivity contribution >= 4 is 38.7 Å². The summed E-state index contributed by atoms with van der Waals surface area (Å²) < 4.78 is 25.0. The van der Waals surface area contributed by atoms with E-state index >= 15 is 0 Å². The van der Waals surface area contributed by atoms with Crippen molar-refractivity contribution in [1.29, 1.82) is 0 Å². The van der Waals surface area contributed by atoms with Gasteiger partial charge in [-0.3, -0.25) is 4.79 Å². The lowest BCUT2D eigenvalue weighted by molar-refractivity contribution is 0.0766. The predicted molar refractivity (Wildman–Crippen MR) is 92.8 cm³/mol. The van der Waals surface area contributed by atoms with E-state index in [-0.39, 0.29) is 18.2 Å². The molecule has 1 aromatic carbocycles. The van der Waals surface area contributed by atoms with Gasteiger partial charge in [0.25, 0.3) is 5.91 Å². The summed E-state index contributed by atoms with van der Waals surface area (Å²) >= 11 is 7.38. The molecule has 2 heterocycles. The highest BCUT2D eigenvalue weighted by molar-refractivity contribution is 7.91. The Morgan fingerprint density at radius 2 is 2.04 bits per heavy atom. The second kappa shape index (κ2) is 6.63. The summed E-state index contributed by atoms with van der Waals surface area (Å²) in [6.45, 7) is 0.642. The quantitative estimate of drug-likeness (QED) is 0.815. The molecule has 0 unspecified atom stereocenters. The first kappa shape index (κ1) is 16.5. The predicted octanol–water partition coefficient (Wildman–Crippen LogP) is 3.40. The number of halogens is 1. The summed E-state index contributed by atoms with van der Waals surface area (Å²) in [4.78, 5) is 15.0. The molecule has 0 radical (unpaired) electrons. The van der Waals surface area contributed by atoms with Crippen molar-refractivity contribution in [3.05, 3.63) is 57.2 Å². The zero-order chi connectivity index (χ0) is 16.4. The van der Waals surface area contributed by atoms with Crippen LogP contribution in [-0.4, -0.2) is 38.1 Å². The second-order valence-corrected chi connectivity index (χ2v) is 9.18. The minimum Gasteiger partial charge on any atom is -0.338 e. The standard InChI is InChI=1S/C16H16ClNO3S2/c17-13-4-1-3-12(11-13)16(19)18-7-6-15(14-5-2-9-22-14)23(20,21)10-8-18/h1-5,9,11,15H,6-8,10H2/t15-/m1/s1. The SMILES string of the molecule is O=C(c1cccc(Cl)c1)N1CC[C@H](c2cccs2)S(=O)(=O)CC1. The average molecular weight is 370 g/mol. The van der Waals surface area contributed by atoms with Gasteiger partial charge < -0.3 is 4.90 Å². The number of rotatable bonds is 2. The summed E-state index contributed by atoms with van der Waals surface area (Å²) in [6, 6.07) is 10.4. The van der Waals surface area contributed by atoms with Gasteiger partial charge >= 0.3 is 0 Å². The van der Waals surface area contributed by atoms with E-state index in [0.29, 0.717) is 23.6 Å². The molecule has 1 amide bonds. The van der Waals surface area contributed by atoms with Crippen LogP contribution in [0.1, 0.15) is 26.9 Å². The van der Waals surface area contributed by atoms with E-state index in [1.165, 1.54) is 11.3 Å². The summed E-state index contributed by atoms with van der Waals surface area (Å²) in [5, 5.41) is 1.86. The molecule has 23 heavy (non-hydrogen) atoms. The Morgan fingerprint density at radius 3 is 2.74 bits per heavy atom. The fourth-order valence-electron chi connectivity index (χ4n) is 2.75. The van der Waals surface area contributed by atoms with Crippen LogP contribution in [0.2, 0.25) is 5.02 Å². The van der Waals surface area contributed by atoms with Crippen molar-refractivity contribution in [1.82, 2.24) is 4.90 Å². The van der Waals surface area contributed by atoms with E-state index in [0.717, 1.165) is 4.88 Å². The minimum absolute atomic E-state index is 0.0120. The van der Waals surface area contributed by atoms with Crippen LogP contribution in [0, 0.1) is 0 Å². The zero-order valence-corrected chi connectivity index (χ0v) is 14.7. The Morgan fingerprint density at radius 1 is 1.22 bits per heavy atom. The summed E-state index contributed by atoms with van der Waals surface area (Å²) in [7, 11) is -3.25. The van der Waals surface area contributed by atoms with Gasteiger partial charge in [0.2, 0.25) is 0 Å². The minimum atomic E-state index is -3.25. The van der Waals surface area contributed by atoms with Gasteiger partial charge in [-0.25, -0.2) is 8.42 Å². The molecule has 3 rings (SSSR count). The van der Waals surface area contributed by atoms with Crippen LogP contribution in [-0.2, 0) is 9.84 Å². The van der Waals surface area contributed by atoms with Crippen molar-refractivity contribution in [3.8, 4) is 0 Å². The molecule has 1 aliphatic heterocycles. The van der Waals surface area contributed by atoms with Gasteiger partial charge in [0.15, 0.2) is 9.84 Å². The lowest BCUT2D eigenvalue weighted by atomic mass is 10.2. The number of carbonyl (C=O) groups is 1. The van der Waals surface area contributed by atoms with Crippen molar-refractivity contribution in [2.75, 3.05) is 18.8 Å². The lowest BCUT2D eigenvalue weighted by Crippen LogP contribution is -2.33. The molecule has 1 aromatic heterocycles. The van der Waals surface area contributed by atoms with Crippen LogP contribution in [0.4, 0.5) is 0 Å². The second-order valence-electron chi connectivity index (χ2n) is 5.46. The zero-order valence-electron chi connectivity index (χ0n) is 12.3. The molecule has 1 fully saturated rings. The topological polar surface area (TPSA) is 54.5 Å². The third kappa shape index (κ3) is 3.59. The Hall–Kier alpha value is -1.37. The van der Waals surface area contributed by atoms with Gasteiger partial charge in [-0.05, 0) is 36.1 Å². The van der Waals surface area contributed by atoms with Crippen molar-refractivity contribution < 1.29 is 13.2 Å². The number of sulfone groups is 1. The van der Waals surface area contributed by atoms with Gasteiger partial charge in [-0.15, -0.1) is 11.3 Å². The smallest absolute Gasteiger partial charge is 0.253 e. The summed E-state index contributed by atoms with van der Waals surface area (Å²) in [5.41, 5.74) is 0.490. The maximum atomic E-state index is 12.6. The van der Waals surface area contributed by atoms with E-state index in [9.17, 15) is 13.2 Å². The molecule has 0 aliphatic carbocycles. The number of carbonyl (C=O) groups excluding carboxylic acids is 1. The van der Waals surface area contributed by atoms with Crippen LogP contribution >= 0.6 is 22.9 Å². The van der Waals surface area contributed by atoms with E-state index in [1.807, 2.05) is 17.5 Å².